The van der Waals surface area contributed by atoms with E-state index in [1.807, 2.05) is 0 Å². The number of nitrogens with zero attached hydrogens (tertiary/aromatic N) is 1. The van der Waals surface area contributed by atoms with E-state index in [0.717, 1.165) is 12.3 Å². The Morgan fingerprint density at radius 2 is 1.65 bits per heavy atom. The van der Waals surface area contributed by atoms with E-state index in [1.54, 1.807) is 30.3 Å². The molecule has 6 heteroatoms. The zero-order chi connectivity index (χ0) is 14.6. The van der Waals surface area contributed by atoms with Crippen LogP contribution in [0.4, 0.5) is 23.2 Å². The van der Waals surface area contributed by atoms with Crippen molar-refractivity contribution in [1.82, 2.24) is 0 Å². The summed E-state index contributed by atoms with van der Waals surface area (Å²) in [5, 5.41) is 3.71. The zero-order valence-corrected chi connectivity index (χ0v) is 10.2. The molecule has 0 atom stereocenters. The van der Waals surface area contributed by atoms with Crippen LogP contribution in [0.1, 0.15) is 11.1 Å². The Morgan fingerprint density at radius 1 is 0.950 bits per heavy atom. The molecule has 0 bridgehead atoms. The van der Waals surface area contributed by atoms with E-state index >= 15 is 0 Å². The summed E-state index contributed by atoms with van der Waals surface area (Å²) in [4.78, 5) is 0. The van der Waals surface area contributed by atoms with Gasteiger partial charge in [0.05, 0.1) is 17.5 Å². The first kappa shape index (κ1) is 14.0. The molecule has 1 N–H and O–H groups in total. The molecule has 2 aromatic carbocycles. The molecular weight excluding hydrogens is 272 g/mol. The highest BCUT2D eigenvalue weighted by Crippen LogP contribution is 2.31. The fourth-order valence-corrected chi connectivity index (χ4v) is 1.56. The normalized spacial score (nSPS) is 11.8. The SMILES string of the molecule is Fc1c(C=NNc2ccccc2)cccc1C(F)(F)F. The Balaban J connectivity index is 2.18. The van der Waals surface area contributed by atoms with Crippen LogP contribution in [-0.4, -0.2) is 6.21 Å². The number of alkyl halides is 3. The van der Waals surface area contributed by atoms with Crippen LogP contribution in [0.2, 0.25) is 0 Å². The second-order valence-electron chi connectivity index (χ2n) is 3.94. The van der Waals surface area contributed by atoms with Gasteiger partial charge in [-0.2, -0.15) is 18.3 Å². The largest absolute Gasteiger partial charge is 0.419 e. The van der Waals surface area contributed by atoms with Crippen LogP contribution < -0.4 is 5.43 Å². The summed E-state index contributed by atoms with van der Waals surface area (Å²) in [5.74, 6) is -1.33. The topological polar surface area (TPSA) is 24.4 Å². The zero-order valence-electron chi connectivity index (χ0n) is 10.2. The van der Waals surface area contributed by atoms with Crippen molar-refractivity contribution in [1.29, 1.82) is 0 Å². The average Bonchev–Trinajstić information content (AvgIpc) is 2.40. The quantitative estimate of drug-likeness (QED) is 0.507. The van der Waals surface area contributed by atoms with Crippen LogP contribution >= 0.6 is 0 Å². The smallest absolute Gasteiger partial charge is 0.279 e. The number of benzene rings is 2. The minimum Gasteiger partial charge on any atom is -0.279 e. The molecule has 104 valence electrons. The second-order valence-corrected chi connectivity index (χ2v) is 3.94. The van der Waals surface area contributed by atoms with Gasteiger partial charge >= 0.3 is 6.18 Å². The van der Waals surface area contributed by atoms with Crippen LogP contribution in [-0.2, 0) is 6.18 Å². The number of nitrogens with one attached hydrogen (secondary N) is 1. The van der Waals surface area contributed by atoms with Gasteiger partial charge in [-0.15, -0.1) is 0 Å². The van der Waals surface area contributed by atoms with Gasteiger partial charge in [-0.25, -0.2) is 4.39 Å². The third-order valence-electron chi connectivity index (χ3n) is 2.51. The van der Waals surface area contributed by atoms with Gasteiger partial charge in [0, 0.05) is 5.56 Å². The van der Waals surface area contributed by atoms with Gasteiger partial charge in [-0.05, 0) is 18.2 Å². The summed E-state index contributed by atoms with van der Waals surface area (Å²) < 4.78 is 51.2. The molecule has 2 nitrogen and oxygen atoms in total. The van der Waals surface area contributed by atoms with E-state index < -0.39 is 17.6 Å². The van der Waals surface area contributed by atoms with E-state index in [2.05, 4.69) is 10.5 Å². The van der Waals surface area contributed by atoms with Crippen LogP contribution in [0.15, 0.2) is 53.6 Å². The highest BCUT2D eigenvalue weighted by atomic mass is 19.4. The molecule has 0 amide bonds. The molecule has 0 aliphatic heterocycles. The molecule has 2 aromatic rings. The van der Waals surface area contributed by atoms with E-state index in [9.17, 15) is 17.6 Å². The molecule has 20 heavy (non-hydrogen) atoms. The van der Waals surface area contributed by atoms with Crippen LogP contribution in [0.25, 0.3) is 0 Å². The number of hydrogen-bond acceptors (Lipinski definition) is 2. The predicted molar refractivity (Wildman–Crippen MR) is 69.1 cm³/mol. The van der Waals surface area contributed by atoms with Crippen LogP contribution in [0, 0.1) is 5.82 Å². The summed E-state index contributed by atoms with van der Waals surface area (Å²) in [7, 11) is 0. The number of para-hydroxylation sites is 1. The Morgan fingerprint density at radius 3 is 2.30 bits per heavy atom. The lowest BCUT2D eigenvalue weighted by Gasteiger charge is -2.08. The molecule has 2 rings (SSSR count). The van der Waals surface area contributed by atoms with Gasteiger partial charge in [0.1, 0.15) is 5.82 Å². The monoisotopic (exact) mass is 282 g/mol. The number of hydrogen-bond donors (Lipinski definition) is 1. The maximum absolute atomic E-state index is 13.7. The molecule has 0 unspecified atom stereocenters. The molecule has 0 saturated heterocycles. The van der Waals surface area contributed by atoms with Crippen molar-refractivity contribution in [3.8, 4) is 0 Å². The van der Waals surface area contributed by atoms with Crippen LogP contribution in [0.5, 0.6) is 0 Å². The third kappa shape index (κ3) is 3.34. The molecule has 0 aliphatic carbocycles. The van der Waals surface area contributed by atoms with Crippen molar-refractivity contribution < 1.29 is 17.6 Å². The van der Waals surface area contributed by atoms with Crippen molar-refractivity contribution in [2.45, 2.75) is 6.18 Å². The molecular formula is C14H10F4N2. The highest BCUT2D eigenvalue weighted by molar-refractivity contribution is 5.81. The maximum Gasteiger partial charge on any atom is 0.419 e. The standard InChI is InChI=1S/C14H10F4N2/c15-13-10(5-4-8-12(13)14(16,17)18)9-19-20-11-6-2-1-3-7-11/h1-9,20H. The summed E-state index contributed by atoms with van der Waals surface area (Å²) in [6.45, 7) is 0. The fraction of sp³-hybridized carbons (Fsp3) is 0.0714. The summed E-state index contributed by atoms with van der Waals surface area (Å²) in [6.07, 6.45) is -3.71. The van der Waals surface area contributed by atoms with E-state index in [1.165, 1.54) is 6.07 Å². The predicted octanol–water partition coefficient (Wildman–Crippen LogP) is 4.29. The first-order valence-electron chi connectivity index (χ1n) is 5.68. The number of anilines is 1. The number of hydrazone groups is 1. The highest BCUT2D eigenvalue weighted by Gasteiger charge is 2.34. The molecule has 0 radical (unpaired) electrons. The Hall–Kier alpha value is -2.37. The lowest BCUT2D eigenvalue weighted by molar-refractivity contribution is -0.140. The van der Waals surface area contributed by atoms with Crippen molar-refractivity contribution in [2.24, 2.45) is 5.10 Å². The van der Waals surface area contributed by atoms with Crippen LogP contribution in [0.3, 0.4) is 0 Å². The van der Waals surface area contributed by atoms with E-state index in [0.29, 0.717) is 11.8 Å². The van der Waals surface area contributed by atoms with Crippen molar-refractivity contribution in [2.75, 3.05) is 5.43 Å². The van der Waals surface area contributed by atoms with Crippen molar-refractivity contribution in [3.63, 3.8) is 0 Å². The molecule has 0 aromatic heterocycles. The van der Waals surface area contributed by atoms with Gasteiger partial charge in [0.15, 0.2) is 0 Å². The van der Waals surface area contributed by atoms with E-state index in [-0.39, 0.29) is 5.56 Å². The molecule has 0 fully saturated rings. The summed E-state index contributed by atoms with van der Waals surface area (Å²) in [6, 6.07) is 11.8. The molecule has 0 heterocycles. The lowest BCUT2D eigenvalue weighted by atomic mass is 10.1. The Bertz CT molecular complexity index is 606. The van der Waals surface area contributed by atoms with Crippen molar-refractivity contribution >= 4 is 11.9 Å². The third-order valence-corrected chi connectivity index (χ3v) is 2.51. The Kier molecular flexibility index (Phi) is 4.02. The minimum absolute atomic E-state index is 0.233. The van der Waals surface area contributed by atoms with Gasteiger partial charge in [-0.1, -0.05) is 30.3 Å². The van der Waals surface area contributed by atoms with Crippen molar-refractivity contribution in [3.05, 3.63) is 65.5 Å². The number of rotatable bonds is 3. The minimum atomic E-state index is -4.72. The van der Waals surface area contributed by atoms with Gasteiger partial charge in [0.25, 0.3) is 0 Å². The van der Waals surface area contributed by atoms with E-state index in [4.69, 9.17) is 0 Å². The van der Waals surface area contributed by atoms with Gasteiger partial charge < -0.3 is 0 Å². The lowest BCUT2D eigenvalue weighted by Crippen LogP contribution is -2.09. The fourth-order valence-electron chi connectivity index (χ4n) is 1.56. The van der Waals surface area contributed by atoms with Gasteiger partial charge in [-0.3, -0.25) is 5.43 Å². The molecule has 0 aliphatic rings. The average molecular weight is 282 g/mol. The Labute approximate surface area is 112 Å². The summed E-state index contributed by atoms with van der Waals surface area (Å²) in [5.41, 5.74) is 1.71. The first-order chi connectivity index (χ1) is 9.48. The first-order valence-corrected chi connectivity index (χ1v) is 5.68. The van der Waals surface area contributed by atoms with Gasteiger partial charge in [0.2, 0.25) is 0 Å². The summed E-state index contributed by atoms with van der Waals surface area (Å²) >= 11 is 0. The second kappa shape index (κ2) is 5.73. The number of halogens is 4. The maximum atomic E-state index is 13.7. The molecule has 0 spiro atoms. The molecule has 0 saturated carbocycles.